The standard InChI is InChI=1S/C15H28N2O3S/c1-5-12(10-21-4)17(3)14(20)16-15(13(18)19)8-6-11(2)7-9-15/h11-12H,5-10H2,1-4H3,(H,16,20)(H,18,19). The molecule has 122 valence electrons. The monoisotopic (exact) mass is 316 g/mol. The maximum atomic E-state index is 12.4. The van der Waals surface area contributed by atoms with Crippen molar-refractivity contribution >= 4 is 23.8 Å². The molecule has 1 atom stereocenters. The van der Waals surface area contributed by atoms with Crippen molar-refractivity contribution in [2.75, 3.05) is 19.1 Å². The lowest BCUT2D eigenvalue weighted by atomic mass is 9.77. The Morgan fingerprint density at radius 3 is 2.43 bits per heavy atom. The molecule has 0 bridgehead atoms. The smallest absolute Gasteiger partial charge is 0.329 e. The van der Waals surface area contributed by atoms with Gasteiger partial charge >= 0.3 is 12.0 Å². The number of nitrogens with zero attached hydrogens (tertiary/aromatic N) is 1. The van der Waals surface area contributed by atoms with Crippen molar-refractivity contribution < 1.29 is 14.7 Å². The van der Waals surface area contributed by atoms with Crippen molar-refractivity contribution in [1.82, 2.24) is 10.2 Å². The second-order valence-corrected chi connectivity index (χ2v) is 7.04. The summed E-state index contributed by atoms with van der Waals surface area (Å²) < 4.78 is 0. The van der Waals surface area contributed by atoms with Gasteiger partial charge in [-0.1, -0.05) is 13.8 Å². The minimum atomic E-state index is -1.09. The van der Waals surface area contributed by atoms with Gasteiger partial charge in [-0.05, 0) is 44.3 Å². The van der Waals surface area contributed by atoms with Crippen molar-refractivity contribution in [3.63, 3.8) is 0 Å². The molecule has 0 spiro atoms. The molecule has 5 nitrogen and oxygen atoms in total. The molecule has 0 aliphatic heterocycles. The van der Waals surface area contributed by atoms with E-state index in [1.54, 1.807) is 23.7 Å². The first-order valence-electron chi connectivity index (χ1n) is 7.63. The molecule has 0 radical (unpaired) electrons. The highest BCUT2D eigenvalue weighted by atomic mass is 32.2. The summed E-state index contributed by atoms with van der Waals surface area (Å²) in [5, 5.41) is 12.4. The Morgan fingerprint density at radius 1 is 1.43 bits per heavy atom. The zero-order valence-electron chi connectivity index (χ0n) is 13.5. The summed E-state index contributed by atoms with van der Waals surface area (Å²) in [5.41, 5.74) is -1.09. The number of urea groups is 1. The van der Waals surface area contributed by atoms with Gasteiger partial charge in [-0.3, -0.25) is 0 Å². The molecule has 0 heterocycles. The normalized spacial score (nSPS) is 27.0. The molecule has 1 aliphatic rings. The van der Waals surface area contributed by atoms with E-state index in [9.17, 15) is 14.7 Å². The number of carbonyl (C=O) groups is 2. The van der Waals surface area contributed by atoms with Gasteiger partial charge in [0.2, 0.25) is 0 Å². The number of thioether (sulfide) groups is 1. The van der Waals surface area contributed by atoms with E-state index < -0.39 is 11.5 Å². The van der Waals surface area contributed by atoms with Gasteiger partial charge < -0.3 is 15.3 Å². The summed E-state index contributed by atoms with van der Waals surface area (Å²) in [6, 6.07) is -0.138. The third kappa shape index (κ3) is 4.53. The maximum absolute atomic E-state index is 12.4. The van der Waals surface area contributed by atoms with Gasteiger partial charge in [0.05, 0.1) is 0 Å². The average Bonchev–Trinajstić information content (AvgIpc) is 2.46. The summed E-state index contributed by atoms with van der Waals surface area (Å²) >= 11 is 1.69. The quantitative estimate of drug-likeness (QED) is 0.790. The average molecular weight is 316 g/mol. The molecule has 1 saturated carbocycles. The molecule has 0 aromatic heterocycles. The van der Waals surface area contributed by atoms with E-state index in [1.807, 2.05) is 13.2 Å². The van der Waals surface area contributed by atoms with Crippen molar-refractivity contribution in [3.8, 4) is 0 Å². The molecule has 1 rings (SSSR count). The fraction of sp³-hybridized carbons (Fsp3) is 0.867. The predicted molar refractivity (Wildman–Crippen MR) is 86.8 cm³/mol. The Morgan fingerprint density at radius 2 is 2.00 bits per heavy atom. The van der Waals surface area contributed by atoms with Crippen LogP contribution in [0.4, 0.5) is 4.79 Å². The summed E-state index contributed by atoms with van der Waals surface area (Å²) in [6.07, 6.45) is 5.60. The molecule has 0 saturated heterocycles. The van der Waals surface area contributed by atoms with Crippen molar-refractivity contribution in [1.29, 1.82) is 0 Å². The summed E-state index contributed by atoms with van der Waals surface area (Å²) in [4.78, 5) is 25.7. The Labute approximate surface area is 131 Å². The fourth-order valence-electron chi connectivity index (χ4n) is 2.80. The highest BCUT2D eigenvalue weighted by molar-refractivity contribution is 7.98. The molecule has 1 unspecified atom stereocenters. The Hall–Kier alpha value is -0.910. The number of rotatable bonds is 6. The molecular formula is C15H28N2O3S. The van der Waals surface area contributed by atoms with Crippen LogP contribution in [-0.2, 0) is 4.79 Å². The van der Waals surface area contributed by atoms with Gasteiger partial charge in [-0.15, -0.1) is 0 Å². The molecule has 2 amide bonds. The van der Waals surface area contributed by atoms with Crippen LogP contribution in [0.15, 0.2) is 0 Å². The largest absolute Gasteiger partial charge is 0.480 e. The minimum absolute atomic E-state index is 0.133. The Kier molecular flexibility index (Phi) is 6.84. The molecule has 6 heteroatoms. The van der Waals surface area contributed by atoms with Gasteiger partial charge in [0, 0.05) is 18.8 Å². The number of amides is 2. The second kappa shape index (κ2) is 7.92. The molecule has 1 fully saturated rings. The predicted octanol–water partition coefficient (Wildman–Crippen LogP) is 2.80. The highest BCUT2D eigenvalue weighted by Gasteiger charge is 2.43. The molecule has 21 heavy (non-hydrogen) atoms. The van der Waals surface area contributed by atoms with Gasteiger partial charge in [0.15, 0.2) is 0 Å². The first-order valence-corrected chi connectivity index (χ1v) is 9.03. The Balaban J connectivity index is 2.75. The minimum Gasteiger partial charge on any atom is -0.480 e. The SMILES string of the molecule is CCC(CSC)N(C)C(=O)NC1(C(=O)O)CCC(C)CC1. The molecule has 2 N–H and O–H groups in total. The van der Waals surface area contributed by atoms with E-state index in [4.69, 9.17) is 0 Å². The topological polar surface area (TPSA) is 69.6 Å². The van der Waals surface area contributed by atoms with Gasteiger partial charge in [-0.25, -0.2) is 9.59 Å². The fourth-order valence-corrected chi connectivity index (χ4v) is 3.65. The third-order valence-corrected chi connectivity index (χ3v) is 5.30. The summed E-state index contributed by atoms with van der Waals surface area (Å²) in [6.45, 7) is 4.17. The second-order valence-electron chi connectivity index (χ2n) is 6.13. The zero-order valence-corrected chi connectivity index (χ0v) is 14.3. The maximum Gasteiger partial charge on any atom is 0.329 e. The van der Waals surface area contributed by atoms with E-state index in [0.29, 0.717) is 18.8 Å². The molecular weight excluding hydrogens is 288 g/mol. The lowest BCUT2D eigenvalue weighted by Crippen LogP contribution is -2.60. The van der Waals surface area contributed by atoms with Crippen LogP contribution >= 0.6 is 11.8 Å². The molecule has 0 aromatic carbocycles. The molecule has 1 aliphatic carbocycles. The van der Waals surface area contributed by atoms with E-state index in [0.717, 1.165) is 25.0 Å². The summed E-state index contributed by atoms with van der Waals surface area (Å²) in [7, 11) is 1.75. The van der Waals surface area contributed by atoms with Crippen molar-refractivity contribution in [2.45, 2.75) is 57.5 Å². The van der Waals surface area contributed by atoms with E-state index >= 15 is 0 Å². The Bertz CT molecular complexity index is 368. The summed E-state index contributed by atoms with van der Waals surface area (Å²) in [5.74, 6) is 0.485. The van der Waals surface area contributed by atoms with Crippen LogP contribution in [0.3, 0.4) is 0 Å². The number of hydrogen-bond donors (Lipinski definition) is 2. The van der Waals surface area contributed by atoms with E-state index in [1.165, 1.54) is 0 Å². The van der Waals surface area contributed by atoms with Gasteiger partial charge in [0.25, 0.3) is 0 Å². The number of carboxylic acids is 1. The zero-order chi connectivity index (χ0) is 16.0. The van der Waals surface area contributed by atoms with Crippen LogP contribution in [0.5, 0.6) is 0 Å². The van der Waals surface area contributed by atoms with Crippen LogP contribution in [0.1, 0.15) is 46.0 Å². The number of carboxylic acid groups (broad SMARTS) is 1. The lowest BCUT2D eigenvalue weighted by molar-refractivity contribution is -0.146. The first kappa shape index (κ1) is 18.1. The van der Waals surface area contributed by atoms with Crippen LogP contribution in [0.25, 0.3) is 0 Å². The van der Waals surface area contributed by atoms with Crippen molar-refractivity contribution in [3.05, 3.63) is 0 Å². The van der Waals surface area contributed by atoms with Crippen molar-refractivity contribution in [2.24, 2.45) is 5.92 Å². The number of carbonyl (C=O) groups excluding carboxylic acids is 1. The molecule has 0 aromatic rings. The van der Waals surface area contributed by atoms with Crippen LogP contribution in [0.2, 0.25) is 0 Å². The van der Waals surface area contributed by atoms with Gasteiger partial charge in [0.1, 0.15) is 5.54 Å². The number of nitrogens with one attached hydrogen (secondary N) is 1. The van der Waals surface area contributed by atoms with Crippen LogP contribution in [0, 0.1) is 5.92 Å². The lowest BCUT2D eigenvalue weighted by Gasteiger charge is -2.38. The van der Waals surface area contributed by atoms with Crippen LogP contribution < -0.4 is 5.32 Å². The first-order chi connectivity index (χ1) is 9.86. The van der Waals surface area contributed by atoms with E-state index in [-0.39, 0.29) is 12.1 Å². The number of aliphatic carboxylic acids is 1. The third-order valence-electron chi connectivity index (χ3n) is 4.58. The van der Waals surface area contributed by atoms with Gasteiger partial charge in [-0.2, -0.15) is 11.8 Å². The van der Waals surface area contributed by atoms with E-state index in [2.05, 4.69) is 12.2 Å². The highest BCUT2D eigenvalue weighted by Crippen LogP contribution is 2.32. The number of hydrogen-bond acceptors (Lipinski definition) is 3. The van der Waals surface area contributed by atoms with Crippen LogP contribution in [-0.4, -0.2) is 52.6 Å².